The molecule has 0 saturated heterocycles. The molecule has 2 nitrogen and oxygen atoms in total. The predicted molar refractivity (Wildman–Crippen MR) is 73.6 cm³/mol. The van der Waals surface area contributed by atoms with Crippen LogP contribution in [0.3, 0.4) is 0 Å². The maximum absolute atomic E-state index is 6.01. The van der Waals surface area contributed by atoms with Crippen LogP contribution in [-0.2, 0) is 0 Å². The molecular formula is C14H22ClNO. The third-order valence-electron chi connectivity index (χ3n) is 2.54. The van der Waals surface area contributed by atoms with Gasteiger partial charge in [-0.25, -0.2) is 0 Å². The molecule has 0 aromatic heterocycles. The van der Waals surface area contributed by atoms with E-state index in [1.54, 1.807) is 0 Å². The minimum absolute atomic E-state index is 0.0879. The summed E-state index contributed by atoms with van der Waals surface area (Å²) in [6.45, 7) is 7.22. The van der Waals surface area contributed by atoms with Crippen molar-refractivity contribution in [3.05, 3.63) is 29.3 Å². The lowest BCUT2D eigenvalue weighted by molar-refractivity contribution is 0.260. The van der Waals surface area contributed by atoms with Crippen molar-refractivity contribution >= 4 is 11.6 Å². The molecule has 1 atom stereocenters. The van der Waals surface area contributed by atoms with Gasteiger partial charge in [0.25, 0.3) is 0 Å². The first kappa shape index (κ1) is 14.3. The van der Waals surface area contributed by atoms with E-state index in [-0.39, 0.29) is 6.04 Å². The van der Waals surface area contributed by atoms with Gasteiger partial charge in [0.2, 0.25) is 0 Å². The Bertz CT molecular complexity index is 329. The normalized spacial score (nSPS) is 13.5. The van der Waals surface area contributed by atoms with Crippen LogP contribution in [0.1, 0.15) is 33.6 Å². The van der Waals surface area contributed by atoms with Crippen LogP contribution in [0.25, 0.3) is 0 Å². The molecule has 2 N–H and O–H groups in total. The number of benzene rings is 1. The summed E-state index contributed by atoms with van der Waals surface area (Å²) < 4.78 is 5.60. The van der Waals surface area contributed by atoms with Gasteiger partial charge in [-0.2, -0.15) is 0 Å². The van der Waals surface area contributed by atoms with Gasteiger partial charge in [0, 0.05) is 11.1 Å². The zero-order valence-electron chi connectivity index (χ0n) is 10.9. The Labute approximate surface area is 109 Å². The summed E-state index contributed by atoms with van der Waals surface area (Å²) in [5, 5.41) is 0.717. The first-order chi connectivity index (χ1) is 7.87. The van der Waals surface area contributed by atoms with Gasteiger partial charge in [-0.1, -0.05) is 32.4 Å². The molecule has 0 spiro atoms. The number of rotatable bonds is 5. The van der Waals surface area contributed by atoms with E-state index in [1.165, 1.54) is 0 Å². The molecule has 1 unspecified atom stereocenters. The standard InChI is InChI=1S/C14H22ClNO/c1-14(2,3)9-8-12(16)10-17-13-6-4-11(15)5-7-13/h4-7,12H,8-10,16H2,1-3H3. The fourth-order valence-electron chi connectivity index (χ4n) is 1.44. The molecule has 0 aliphatic rings. The second kappa shape index (κ2) is 6.27. The van der Waals surface area contributed by atoms with Crippen molar-refractivity contribution in [1.82, 2.24) is 0 Å². The van der Waals surface area contributed by atoms with Crippen molar-refractivity contribution in [2.75, 3.05) is 6.61 Å². The number of hydrogen-bond acceptors (Lipinski definition) is 2. The molecule has 17 heavy (non-hydrogen) atoms. The molecule has 0 bridgehead atoms. The smallest absolute Gasteiger partial charge is 0.119 e. The van der Waals surface area contributed by atoms with Gasteiger partial charge in [0.05, 0.1) is 0 Å². The third kappa shape index (κ3) is 6.54. The zero-order chi connectivity index (χ0) is 12.9. The van der Waals surface area contributed by atoms with E-state index in [2.05, 4.69) is 20.8 Å². The van der Waals surface area contributed by atoms with E-state index in [0.29, 0.717) is 12.0 Å². The van der Waals surface area contributed by atoms with Crippen molar-refractivity contribution in [2.45, 2.75) is 39.7 Å². The minimum Gasteiger partial charge on any atom is -0.492 e. The Morgan fingerprint density at radius 3 is 2.35 bits per heavy atom. The molecule has 1 aromatic rings. The Morgan fingerprint density at radius 2 is 1.82 bits per heavy atom. The number of hydrogen-bond donors (Lipinski definition) is 1. The maximum atomic E-state index is 6.01. The van der Waals surface area contributed by atoms with Gasteiger partial charge in [0.1, 0.15) is 12.4 Å². The fourth-order valence-corrected chi connectivity index (χ4v) is 1.56. The Balaban J connectivity index is 2.28. The third-order valence-corrected chi connectivity index (χ3v) is 2.79. The lowest BCUT2D eigenvalue weighted by atomic mass is 9.89. The molecule has 1 aromatic carbocycles. The lowest BCUT2D eigenvalue weighted by Gasteiger charge is -2.21. The fraction of sp³-hybridized carbons (Fsp3) is 0.571. The SMILES string of the molecule is CC(C)(C)CCC(N)COc1ccc(Cl)cc1. The van der Waals surface area contributed by atoms with Gasteiger partial charge in [-0.3, -0.25) is 0 Å². The highest BCUT2D eigenvalue weighted by atomic mass is 35.5. The summed E-state index contributed by atoms with van der Waals surface area (Å²) in [5.41, 5.74) is 6.34. The molecule has 0 aliphatic carbocycles. The minimum atomic E-state index is 0.0879. The van der Waals surface area contributed by atoms with Gasteiger partial charge in [0.15, 0.2) is 0 Å². The topological polar surface area (TPSA) is 35.2 Å². The van der Waals surface area contributed by atoms with Crippen LogP contribution < -0.4 is 10.5 Å². The highest BCUT2D eigenvalue weighted by molar-refractivity contribution is 6.30. The number of nitrogens with two attached hydrogens (primary N) is 1. The molecule has 0 saturated carbocycles. The first-order valence-corrected chi connectivity index (χ1v) is 6.38. The molecule has 0 amide bonds. The van der Waals surface area contributed by atoms with Crippen LogP contribution in [0.4, 0.5) is 0 Å². The second-order valence-corrected chi connectivity index (χ2v) is 6.06. The average molecular weight is 256 g/mol. The predicted octanol–water partition coefficient (Wildman–Crippen LogP) is 3.87. The summed E-state index contributed by atoms with van der Waals surface area (Å²) in [4.78, 5) is 0. The summed E-state index contributed by atoms with van der Waals surface area (Å²) in [6, 6.07) is 7.44. The zero-order valence-corrected chi connectivity index (χ0v) is 11.6. The van der Waals surface area contributed by atoms with Crippen molar-refractivity contribution in [2.24, 2.45) is 11.1 Å². The van der Waals surface area contributed by atoms with Gasteiger partial charge < -0.3 is 10.5 Å². The van der Waals surface area contributed by atoms with E-state index in [4.69, 9.17) is 22.1 Å². The van der Waals surface area contributed by atoms with E-state index < -0.39 is 0 Å². The van der Waals surface area contributed by atoms with Gasteiger partial charge in [-0.15, -0.1) is 0 Å². The van der Waals surface area contributed by atoms with Gasteiger partial charge >= 0.3 is 0 Å². The monoisotopic (exact) mass is 255 g/mol. The second-order valence-electron chi connectivity index (χ2n) is 5.62. The quantitative estimate of drug-likeness (QED) is 0.867. The van der Waals surface area contributed by atoms with Crippen LogP contribution in [0, 0.1) is 5.41 Å². The van der Waals surface area contributed by atoms with Crippen LogP contribution in [0.15, 0.2) is 24.3 Å². The molecule has 96 valence electrons. The van der Waals surface area contributed by atoms with Crippen molar-refractivity contribution in [3.8, 4) is 5.75 Å². The lowest BCUT2D eigenvalue weighted by Crippen LogP contribution is -2.29. The van der Waals surface area contributed by atoms with E-state index in [1.807, 2.05) is 24.3 Å². The first-order valence-electron chi connectivity index (χ1n) is 6.01. The molecule has 0 aliphatic heterocycles. The Kier molecular flexibility index (Phi) is 5.29. The highest BCUT2D eigenvalue weighted by Crippen LogP contribution is 2.21. The summed E-state index contributed by atoms with van der Waals surface area (Å²) in [7, 11) is 0. The van der Waals surface area contributed by atoms with E-state index in [0.717, 1.165) is 23.6 Å². The van der Waals surface area contributed by atoms with Crippen molar-refractivity contribution in [1.29, 1.82) is 0 Å². The summed E-state index contributed by atoms with van der Waals surface area (Å²) >= 11 is 5.79. The Morgan fingerprint density at radius 1 is 1.24 bits per heavy atom. The largest absolute Gasteiger partial charge is 0.492 e. The molecule has 0 fully saturated rings. The number of ether oxygens (including phenoxy) is 1. The maximum Gasteiger partial charge on any atom is 0.119 e. The molecular weight excluding hydrogens is 234 g/mol. The molecule has 1 rings (SSSR count). The highest BCUT2D eigenvalue weighted by Gasteiger charge is 2.13. The van der Waals surface area contributed by atoms with Crippen molar-refractivity contribution in [3.63, 3.8) is 0 Å². The number of halogens is 1. The molecule has 3 heteroatoms. The van der Waals surface area contributed by atoms with Crippen LogP contribution >= 0.6 is 11.6 Å². The average Bonchev–Trinajstić information content (AvgIpc) is 2.25. The summed E-state index contributed by atoms with van der Waals surface area (Å²) in [6.07, 6.45) is 2.09. The van der Waals surface area contributed by atoms with Crippen LogP contribution in [0.5, 0.6) is 5.75 Å². The molecule has 0 heterocycles. The van der Waals surface area contributed by atoms with Crippen LogP contribution in [-0.4, -0.2) is 12.6 Å². The van der Waals surface area contributed by atoms with E-state index in [9.17, 15) is 0 Å². The molecule has 0 radical (unpaired) electrons. The van der Waals surface area contributed by atoms with Gasteiger partial charge in [-0.05, 0) is 42.5 Å². The Hall–Kier alpha value is -0.730. The summed E-state index contributed by atoms with van der Waals surface area (Å²) in [5.74, 6) is 0.820. The van der Waals surface area contributed by atoms with Crippen LogP contribution in [0.2, 0.25) is 5.02 Å². The van der Waals surface area contributed by atoms with Crippen molar-refractivity contribution < 1.29 is 4.74 Å². The van der Waals surface area contributed by atoms with E-state index >= 15 is 0 Å².